The molecule has 0 unspecified atom stereocenters. The number of ether oxygens (including phenoxy) is 1. The molecule has 37 heavy (non-hydrogen) atoms. The Kier molecular flexibility index (Phi) is 10.6. The number of hydrogen-bond acceptors (Lipinski definition) is 3. The van der Waals surface area contributed by atoms with Gasteiger partial charge in [0.05, 0.1) is 0 Å². The molecule has 0 aliphatic rings. The monoisotopic (exact) mass is 584 g/mol. The van der Waals surface area contributed by atoms with E-state index < -0.39 is 6.04 Å². The summed E-state index contributed by atoms with van der Waals surface area (Å²) in [4.78, 5) is 28.9. The molecule has 0 spiro atoms. The van der Waals surface area contributed by atoms with Crippen molar-refractivity contribution in [1.82, 2.24) is 10.2 Å². The topological polar surface area (TPSA) is 58.6 Å². The Bertz CT molecular complexity index is 1200. The number of amides is 2. The van der Waals surface area contributed by atoms with Crippen molar-refractivity contribution in [3.05, 3.63) is 98.5 Å². The van der Waals surface area contributed by atoms with Crippen molar-refractivity contribution >= 4 is 39.3 Å². The zero-order chi connectivity index (χ0) is 26.9. The largest absolute Gasteiger partial charge is 0.484 e. The summed E-state index contributed by atoms with van der Waals surface area (Å²) in [5.41, 5.74) is 3.85. The normalized spacial score (nSPS) is 12.5. The van der Waals surface area contributed by atoms with Crippen molar-refractivity contribution in [3.63, 3.8) is 0 Å². The fraction of sp³-hybridized carbons (Fsp3) is 0.333. The van der Waals surface area contributed by atoms with Crippen molar-refractivity contribution in [2.24, 2.45) is 0 Å². The SMILES string of the molecule is CC[C@H](C)NC(=O)[C@@H](Cc1ccccc1)N(Cc1cccc(Cl)c1)C(=O)COc1cc(C)c(Br)c(C)c1. The summed E-state index contributed by atoms with van der Waals surface area (Å²) < 4.78 is 6.95. The highest BCUT2D eigenvalue weighted by Crippen LogP contribution is 2.26. The van der Waals surface area contributed by atoms with Gasteiger partial charge in [0.15, 0.2) is 6.61 Å². The second kappa shape index (κ2) is 13.6. The fourth-order valence-electron chi connectivity index (χ4n) is 4.04. The Balaban J connectivity index is 1.93. The first kappa shape index (κ1) is 28.7. The third-order valence-corrected chi connectivity index (χ3v) is 7.77. The quantitative estimate of drug-likeness (QED) is 0.274. The average Bonchev–Trinajstić information content (AvgIpc) is 2.88. The molecule has 0 bridgehead atoms. The maximum Gasteiger partial charge on any atom is 0.261 e. The summed E-state index contributed by atoms with van der Waals surface area (Å²) in [6, 6.07) is 20.1. The number of nitrogens with one attached hydrogen (secondary N) is 1. The van der Waals surface area contributed by atoms with Crippen molar-refractivity contribution in [2.75, 3.05) is 6.61 Å². The number of rotatable bonds is 11. The zero-order valence-corrected chi connectivity index (χ0v) is 24.1. The van der Waals surface area contributed by atoms with Gasteiger partial charge in [0.2, 0.25) is 5.91 Å². The van der Waals surface area contributed by atoms with Gasteiger partial charge in [-0.2, -0.15) is 0 Å². The molecule has 0 saturated heterocycles. The summed E-state index contributed by atoms with van der Waals surface area (Å²) in [5, 5.41) is 3.65. The van der Waals surface area contributed by atoms with Gasteiger partial charge in [0, 0.05) is 28.5 Å². The molecule has 7 heteroatoms. The first-order chi connectivity index (χ1) is 17.7. The molecule has 0 heterocycles. The molecule has 0 fully saturated rings. The van der Waals surface area contributed by atoms with Crippen LogP contribution in [0, 0.1) is 13.8 Å². The summed E-state index contributed by atoms with van der Waals surface area (Å²) in [6.07, 6.45) is 1.17. The molecule has 2 amide bonds. The molecule has 2 atom stereocenters. The van der Waals surface area contributed by atoms with Gasteiger partial charge in [-0.15, -0.1) is 0 Å². The number of carbonyl (C=O) groups excluding carboxylic acids is 2. The lowest BCUT2D eigenvalue weighted by Crippen LogP contribution is -2.53. The van der Waals surface area contributed by atoms with Crippen LogP contribution in [0.4, 0.5) is 0 Å². The Labute approximate surface area is 233 Å². The third kappa shape index (κ3) is 8.34. The lowest BCUT2D eigenvalue weighted by molar-refractivity contribution is -0.143. The summed E-state index contributed by atoms with van der Waals surface area (Å²) in [7, 11) is 0. The number of aryl methyl sites for hydroxylation is 2. The van der Waals surface area contributed by atoms with Gasteiger partial charge in [-0.3, -0.25) is 9.59 Å². The van der Waals surface area contributed by atoms with Gasteiger partial charge in [0.25, 0.3) is 5.91 Å². The second-order valence-electron chi connectivity index (χ2n) is 9.33. The summed E-state index contributed by atoms with van der Waals surface area (Å²) >= 11 is 9.81. The molecule has 1 N–H and O–H groups in total. The molecule has 3 aromatic carbocycles. The predicted octanol–water partition coefficient (Wildman–Crippen LogP) is 6.65. The molecule has 0 saturated carbocycles. The lowest BCUT2D eigenvalue weighted by Gasteiger charge is -2.32. The highest BCUT2D eigenvalue weighted by Gasteiger charge is 2.31. The van der Waals surface area contributed by atoms with Gasteiger partial charge >= 0.3 is 0 Å². The minimum Gasteiger partial charge on any atom is -0.484 e. The molecule has 0 aliphatic carbocycles. The fourth-order valence-corrected chi connectivity index (χ4v) is 4.49. The summed E-state index contributed by atoms with van der Waals surface area (Å²) in [5.74, 6) is 0.139. The number of benzene rings is 3. The van der Waals surface area contributed by atoms with E-state index in [2.05, 4.69) is 21.2 Å². The highest BCUT2D eigenvalue weighted by molar-refractivity contribution is 9.10. The van der Waals surface area contributed by atoms with Crippen LogP contribution in [0.2, 0.25) is 5.02 Å². The molecule has 5 nitrogen and oxygen atoms in total. The van der Waals surface area contributed by atoms with E-state index in [9.17, 15) is 9.59 Å². The summed E-state index contributed by atoms with van der Waals surface area (Å²) in [6.45, 7) is 7.97. The molecular weight excluding hydrogens is 552 g/mol. The van der Waals surface area contributed by atoms with Gasteiger partial charge in [-0.25, -0.2) is 0 Å². The maximum atomic E-state index is 13.7. The standard InChI is InChI=1S/C30H34BrClN2O3/c1-5-22(4)33-30(36)27(17-23-10-7-6-8-11-23)34(18-24-12-9-13-25(32)16-24)28(35)19-37-26-14-20(2)29(31)21(3)15-26/h6-16,22,27H,5,17-19H2,1-4H3,(H,33,36)/t22-,27+/m0/s1. The second-order valence-corrected chi connectivity index (χ2v) is 10.6. The molecule has 3 aromatic rings. The van der Waals surface area contributed by atoms with Crippen LogP contribution in [0.1, 0.15) is 42.5 Å². The Morgan fingerprint density at radius 3 is 2.27 bits per heavy atom. The Hall–Kier alpha value is -2.83. The highest BCUT2D eigenvalue weighted by atomic mass is 79.9. The van der Waals surface area contributed by atoms with Crippen LogP contribution < -0.4 is 10.1 Å². The minimum atomic E-state index is -0.722. The molecule has 0 aromatic heterocycles. The van der Waals surface area contributed by atoms with E-state index in [4.69, 9.17) is 16.3 Å². The van der Waals surface area contributed by atoms with Crippen molar-refractivity contribution in [3.8, 4) is 5.75 Å². The van der Waals surface area contributed by atoms with E-state index in [0.717, 1.165) is 33.1 Å². The van der Waals surface area contributed by atoms with E-state index in [0.29, 0.717) is 17.2 Å². The van der Waals surface area contributed by atoms with E-state index >= 15 is 0 Å². The first-order valence-electron chi connectivity index (χ1n) is 12.5. The van der Waals surface area contributed by atoms with E-state index in [1.807, 2.05) is 88.4 Å². The number of nitrogens with zero attached hydrogens (tertiary/aromatic N) is 1. The van der Waals surface area contributed by atoms with Crippen LogP contribution >= 0.6 is 27.5 Å². The predicted molar refractivity (Wildman–Crippen MR) is 153 cm³/mol. The van der Waals surface area contributed by atoms with E-state index in [1.54, 1.807) is 11.0 Å². The number of carbonyl (C=O) groups is 2. The Morgan fingerprint density at radius 2 is 1.65 bits per heavy atom. The van der Waals surface area contributed by atoms with Crippen LogP contribution in [0.3, 0.4) is 0 Å². The molecule has 196 valence electrons. The number of hydrogen-bond donors (Lipinski definition) is 1. The Morgan fingerprint density at radius 1 is 1.00 bits per heavy atom. The molecule has 3 rings (SSSR count). The van der Waals surface area contributed by atoms with Gasteiger partial charge in [-0.05, 0) is 73.7 Å². The molecular formula is C30H34BrClN2O3. The van der Waals surface area contributed by atoms with Crippen molar-refractivity contribution in [2.45, 2.75) is 59.2 Å². The van der Waals surface area contributed by atoms with E-state index in [-0.39, 0.29) is 31.0 Å². The van der Waals surface area contributed by atoms with Crippen LogP contribution in [0.25, 0.3) is 0 Å². The molecule has 0 aliphatic heterocycles. The number of halogens is 2. The van der Waals surface area contributed by atoms with Gasteiger partial charge < -0.3 is 15.0 Å². The third-order valence-electron chi connectivity index (χ3n) is 6.29. The zero-order valence-electron chi connectivity index (χ0n) is 21.8. The minimum absolute atomic E-state index is 0.0149. The maximum absolute atomic E-state index is 13.7. The lowest BCUT2D eigenvalue weighted by atomic mass is 10.0. The van der Waals surface area contributed by atoms with Crippen LogP contribution in [0.5, 0.6) is 5.75 Å². The van der Waals surface area contributed by atoms with Crippen LogP contribution in [0.15, 0.2) is 71.2 Å². The van der Waals surface area contributed by atoms with Crippen LogP contribution in [-0.4, -0.2) is 35.4 Å². The molecule has 0 radical (unpaired) electrons. The van der Waals surface area contributed by atoms with E-state index in [1.165, 1.54) is 0 Å². The smallest absolute Gasteiger partial charge is 0.261 e. The van der Waals surface area contributed by atoms with Crippen molar-refractivity contribution < 1.29 is 14.3 Å². The first-order valence-corrected chi connectivity index (χ1v) is 13.6. The van der Waals surface area contributed by atoms with Gasteiger partial charge in [-0.1, -0.05) is 76.9 Å². The van der Waals surface area contributed by atoms with Gasteiger partial charge in [0.1, 0.15) is 11.8 Å². The van der Waals surface area contributed by atoms with Crippen LogP contribution in [-0.2, 0) is 22.6 Å². The van der Waals surface area contributed by atoms with Crippen molar-refractivity contribution in [1.29, 1.82) is 0 Å². The average molecular weight is 586 g/mol.